The minimum atomic E-state index is -0.700. The van der Waals surface area contributed by atoms with E-state index in [1.54, 1.807) is 18.0 Å². The summed E-state index contributed by atoms with van der Waals surface area (Å²) in [5, 5.41) is 3.88. The maximum absolute atomic E-state index is 13.4. The number of rotatable bonds is 5. The van der Waals surface area contributed by atoms with Crippen molar-refractivity contribution in [1.29, 1.82) is 0 Å². The van der Waals surface area contributed by atoms with Gasteiger partial charge in [0.15, 0.2) is 0 Å². The van der Waals surface area contributed by atoms with E-state index in [4.69, 9.17) is 9.26 Å². The second kappa shape index (κ2) is 6.80. The van der Waals surface area contributed by atoms with Crippen LogP contribution in [0.3, 0.4) is 0 Å². The topological polar surface area (TPSA) is 75.9 Å². The molecule has 0 N–H and O–H groups in total. The summed E-state index contributed by atoms with van der Waals surface area (Å²) in [4.78, 5) is 30.2. The lowest BCUT2D eigenvalue weighted by molar-refractivity contribution is -0.143. The van der Waals surface area contributed by atoms with E-state index < -0.39 is 17.4 Å². The van der Waals surface area contributed by atoms with Crippen molar-refractivity contribution in [2.45, 2.75) is 38.6 Å². The van der Waals surface area contributed by atoms with Gasteiger partial charge in [0.25, 0.3) is 0 Å². The van der Waals surface area contributed by atoms with E-state index in [-0.39, 0.29) is 17.9 Å². The predicted molar refractivity (Wildman–Crippen MR) is 108 cm³/mol. The van der Waals surface area contributed by atoms with Crippen molar-refractivity contribution in [3.63, 3.8) is 0 Å². The molecule has 7 heteroatoms. The number of likely N-dealkylation sites (tertiary alicyclic amines) is 1. The van der Waals surface area contributed by atoms with Crippen molar-refractivity contribution in [3.8, 4) is 0 Å². The van der Waals surface area contributed by atoms with Gasteiger partial charge in [-0.05, 0) is 25.0 Å². The smallest absolute Gasteiger partial charge is 0.230 e. The number of carbonyl (C=O) groups is 2. The number of amides is 2. The molecule has 2 aromatic rings. The van der Waals surface area contributed by atoms with Crippen LogP contribution >= 0.6 is 0 Å². The highest BCUT2D eigenvalue weighted by Crippen LogP contribution is 2.52. The molecule has 1 aromatic carbocycles. The van der Waals surface area contributed by atoms with Gasteiger partial charge in [-0.15, -0.1) is 0 Å². The molecule has 2 saturated heterocycles. The van der Waals surface area contributed by atoms with E-state index >= 15 is 0 Å². The Kier molecular flexibility index (Phi) is 4.32. The van der Waals surface area contributed by atoms with Gasteiger partial charge in [0, 0.05) is 19.7 Å². The van der Waals surface area contributed by atoms with Gasteiger partial charge in [-0.2, -0.15) is 0 Å². The first-order chi connectivity index (χ1) is 14.4. The highest BCUT2D eigenvalue weighted by molar-refractivity contribution is 5.93. The van der Waals surface area contributed by atoms with E-state index in [1.807, 2.05) is 17.1 Å². The quantitative estimate of drug-likeness (QED) is 0.711. The molecule has 30 heavy (non-hydrogen) atoms. The van der Waals surface area contributed by atoms with Gasteiger partial charge in [-0.3, -0.25) is 9.59 Å². The Balaban J connectivity index is 1.38. The van der Waals surface area contributed by atoms with Crippen molar-refractivity contribution < 1.29 is 18.8 Å². The molecule has 2 fully saturated rings. The summed E-state index contributed by atoms with van der Waals surface area (Å²) in [6, 6.07) is 8.01. The number of nitrogens with zero attached hydrogens (tertiary/aromatic N) is 3. The van der Waals surface area contributed by atoms with Crippen molar-refractivity contribution in [2.75, 3.05) is 13.6 Å². The average Bonchev–Trinajstić information content (AvgIpc) is 3.47. The fourth-order valence-electron chi connectivity index (χ4n) is 5.06. The van der Waals surface area contributed by atoms with Crippen LogP contribution in [0.2, 0.25) is 0 Å². The Morgan fingerprint density at radius 3 is 2.93 bits per heavy atom. The van der Waals surface area contributed by atoms with Crippen LogP contribution in [0.1, 0.15) is 22.4 Å². The van der Waals surface area contributed by atoms with Gasteiger partial charge < -0.3 is 19.1 Å². The number of fused-ring (bicyclic) bond motifs is 1. The van der Waals surface area contributed by atoms with Gasteiger partial charge in [-0.1, -0.05) is 41.1 Å². The molecule has 156 valence electrons. The second-order valence-electron chi connectivity index (χ2n) is 8.71. The lowest BCUT2D eigenvalue weighted by atomic mass is 9.76. The molecule has 0 radical (unpaired) electrons. The van der Waals surface area contributed by atoms with Gasteiger partial charge in [0.2, 0.25) is 11.8 Å². The second-order valence-corrected chi connectivity index (χ2v) is 8.71. The van der Waals surface area contributed by atoms with Crippen LogP contribution in [0.4, 0.5) is 0 Å². The summed E-state index contributed by atoms with van der Waals surface area (Å²) >= 11 is 0. The van der Waals surface area contributed by atoms with E-state index in [0.29, 0.717) is 25.3 Å². The standard InChI is InChI=1S/C23H25N3O4/c1-14-4-5-15(2)16(10-14)11-26-13-23-8-6-18(30-23)19(20(23)22(26)28)21(27)25(3)12-17-7-9-29-24-17/h4-10,18-20H,11-13H2,1-3H3/t18-,19?,20?,23-/m0/s1. The van der Waals surface area contributed by atoms with Gasteiger partial charge in [-0.25, -0.2) is 0 Å². The summed E-state index contributed by atoms with van der Waals surface area (Å²) in [7, 11) is 1.73. The molecule has 1 spiro atoms. The van der Waals surface area contributed by atoms with Gasteiger partial charge in [0.05, 0.1) is 31.0 Å². The zero-order valence-electron chi connectivity index (χ0n) is 17.4. The normalized spacial score (nSPS) is 29.0. The number of hydrogen-bond acceptors (Lipinski definition) is 5. The molecule has 3 aliphatic heterocycles. The van der Waals surface area contributed by atoms with E-state index in [2.05, 4.69) is 37.2 Å². The van der Waals surface area contributed by atoms with Gasteiger partial charge >= 0.3 is 0 Å². The molecule has 0 aliphatic carbocycles. The number of ether oxygens (including phenoxy) is 1. The van der Waals surface area contributed by atoms with Crippen LogP contribution in [0.5, 0.6) is 0 Å². The van der Waals surface area contributed by atoms with Crippen LogP contribution in [-0.4, -0.2) is 52.1 Å². The molecule has 0 saturated carbocycles. The van der Waals surface area contributed by atoms with Crippen LogP contribution in [0.15, 0.2) is 47.2 Å². The molecule has 5 rings (SSSR count). The fourth-order valence-corrected chi connectivity index (χ4v) is 5.06. The van der Waals surface area contributed by atoms with Crippen LogP contribution in [0, 0.1) is 25.7 Å². The summed E-state index contributed by atoms with van der Waals surface area (Å²) in [5.74, 6) is -1.09. The largest absolute Gasteiger partial charge is 0.364 e. The molecule has 7 nitrogen and oxygen atoms in total. The third kappa shape index (κ3) is 2.88. The Labute approximate surface area is 175 Å². The van der Waals surface area contributed by atoms with Gasteiger partial charge in [0.1, 0.15) is 17.6 Å². The molecule has 2 unspecified atom stereocenters. The van der Waals surface area contributed by atoms with Crippen LogP contribution < -0.4 is 0 Å². The zero-order valence-corrected chi connectivity index (χ0v) is 17.4. The summed E-state index contributed by atoms with van der Waals surface area (Å²) < 4.78 is 11.1. The minimum Gasteiger partial charge on any atom is -0.364 e. The van der Waals surface area contributed by atoms with E-state index in [0.717, 1.165) is 11.1 Å². The van der Waals surface area contributed by atoms with Crippen molar-refractivity contribution in [2.24, 2.45) is 11.8 Å². The number of benzene rings is 1. The Bertz CT molecular complexity index is 1030. The summed E-state index contributed by atoms with van der Waals surface area (Å²) in [6.07, 6.45) is 5.06. The first-order valence-electron chi connectivity index (χ1n) is 10.2. The van der Waals surface area contributed by atoms with Crippen LogP contribution in [0.25, 0.3) is 0 Å². The number of aryl methyl sites for hydroxylation is 2. The molecular weight excluding hydrogens is 382 g/mol. The number of aromatic nitrogens is 1. The monoisotopic (exact) mass is 407 g/mol. The summed E-state index contributed by atoms with van der Waals surface area (Å²) in [6.45, 7) is 5.45. The third-order valence-corrected chi connectivity index (χ3v) is 6.60. The lowest BCUT2D eigenvalue weighted by Gasteiger charge is -2.27. The molecule has 1 aromatic heterocycles. The maximum atomic E-state index is 13.4. The number of hydrogen-bond donors (Lipinski definition) is 0. The highest BCUT2D eigenvalue weighted by atomic mass is 16.5. The van der Waals surface area contributed by atoms with Crippen molar-refractivity contribution in [3.05, 3.63) is 65.1 Å². The SMILES string of the molecule is Cc1ccc(C)c(CN2C[C@]34C=C[C@H](O3)C(C(=O)N(C)Cc3ccon3)C4C2=O)c1. The molecule has 3 aliphatic rings. The Morgan fingerprint density at radius 2 is 2.17 bits per heavy atom. The summed E-state index contributed by atoms with van der Waals surface area (Å²) in [5.41, 5.74) is 3.43. The van der Waals surface area contributed by atoms with E-state index in [1.165, 1.54) is 11.8 Å². The Morgan fingerprint density at radius 1 is 1.33 bits per heavy atom. The molecule has 2 amide bonds. The van der Waals surface area contributed by atoms with Crippen molar-refractivity contribution in [1.82, 2.24) is 15.0 Å². The average molecular weight is 407 g/mol. The molecular formula is C23H25N3O4. The van der Waals surface area contributed by atoms with Crippen molar-refractivity contribution >= 4 is 11.8 Å². The third-order valence-electron chi connectivity index (χ3n) is 6.60. The molecule has 4 atom stereocenters. The minimum absolute atomic E-state index is 0.00376. The number of carbonyl (C=O) groups excluding carboxylic acids is 2. The first kappa shape index (κ1) is 19.1. The zero-order chi connectivity index (χ0) is 21.0. The fraction of sp³-hybridized carbons (Fsp3) is 0.435. The predicted octanol–water partition coefficient (Wildman–Crippen LogP) is 2.23. The maximum Gasteiger partial charge on any atom is 0.230 e. The Hall–Kier alpha value is -2.93. The van der Waals surface area contributed by atoms with E-state index in [9.17, 15) is 9.59 Å². The first-order valence-corrected chi connectivity index (χ1v) is 10.2. The van der Waals surface area contributed by atoms with Crippen LogP contribution in [-0.2, 0) is 27.4 Å². The molecule has 4 heterocycles. The lowest BCUT2D eigenvalue weighted by Crippen LogP contribution is -2.44. The molecule has 2 bridgehead atoms. The highest BCUT2D eigenvalue weighted by Gasteiger charge is 2.67.